The Hall–Kier alpha value is -4.67. The second-order valence-electron chi connectivity index (χ2n) is 11.8. The van der Waals surface area contributed by atoms with Crippen LogP contribution >= 0.6 is 7.37 Å². The molecular weight excluding hydrogens is 626 g/mol. The van der Waals surface area contributed by atoms with Crippen LogP contribution in [0, 0.1) is 17.7 Å². The lowest BCUT2D eigenvalue weighted by atomic mass is 9.92. The number of carbonyl (C=O) groups excluding carboxylic acids is 5. The molecule has 11 nitrogen and oxygen atoms in total. The standard InChI is InChI=1S/C34H38FN4O7P/c1-21(2)18-28(39-34(44)33(43)37-26-14-8-7-13-25(26)35)32(42)38-27(19-23-16-17-36-31(23)41)29(40)20-22-10-6-9-15-30(22)47(45,46)24-11-4-3-5-12-24/h3-15,21,23,27-28H,16-20H2,1-2H3,(H,36,41)(H,37,43)(H,38,42)(H,39,44)(H,45,46)/t23-,27-,28-/m0/s1. The zero-order valence-corrected chi connectivity index (χ0v) is 27.0. The van der Waals surface area contributed by atoms with Gasteiger partial charge in [-0.3, -0.25) is 28.5 Å². The molecule has 1 unspecified atom stereocenters. The van der Waals surface area contributed by atoms with E-state index in [1.54, 1.807) is 50.2 Å². The highest BCUT2D eigenvalue weighted by atomic mass is 31.2. The first-order chi connectivity index (χ1) is 22.4. The van der Waals surface area contributed by atoms with Crippen molar-refractivity contribution in [1.82, 2.24) is 16.0 Å². The summed E-state index contributed by atoms with van der Waals surface area (Å²) in [6.07, 6.45) is 0.184. The van der Waals surface area contributed by atoms with Crippen LogP contribution < -0.4 is 31.9 Å². The second kappa shape index (κ2) is 15.8. The van der Waals surface area contributed by atoms with E-state index in [0.717, 1.165) is 6.07 Å². The first kappa shape index (κ1) is 35.2. The van der Waals surface area contributed by atoms with Crippen molar-refractivity contribution in [1.29, 1.82) is 0 Å². The van der Waals surface area contributed by atoms with E-state index in [2.05, 4.69) is 21.3 Å². The molecule has 3 aromatic rings. The minimum absolute atomic E-state index is 0.0375. The van der Waals surface area contributed by atoms with E-state index in [1.807, 2.05) is 0 Å². The summed E-state index contributed by atoms with van der Waals surface area (Å²) in [6, 6.07) is 17.2. The van der Waals surface area contributed by atoms with Crippen molar-refractivity contribution < 1.29 is 37.8 Å². The molecule has 1 heterocycles. The fraction of sp³-hybridized carbons (Fsp3) is 0.324. The summed E-state index contributed by atoms with van der Waals surface area (Å²) in [5.41, 5.74) is 0.0807. The molecule has 0 radical (unpaired) electrons. The van der Waals surface area contributed by atoms with E-state index in [9.17, 15) is 37.8 Å². The number of ketones is 1. The molecule has 0 saturated carbocycles. The van der Waals surface area contributed by atoms with Crippen LogP contribution in [0.25, 0.3) is 0 Å². The summed E-state index contributed by atoms with van der Waals surface area (Å²) < 4.78 is 27.6. The summed E-state index contributed by atoms with van der Waals surface area (Å²) in [6.45, 7) is 4.01. The predicted molar refractivity (Wildman–Crippen MR) is 175 cm³/mol. The summed E-state index contributed by atoms with van der Waals surface area (Å²) in [4.78, 5) is 76.4. The molecule has 13 heteroatoms. The van der Waals surface area contributed by atoms with Crippen molar-refractivity contribution in [2.75, 3.05) is 11.9 Å². The van der Waals surface area contributed by atoms with E-state index in [-0.39, 0.29) is 47.4 Å². The maximum Gasteiger partial charge on any atom is 0.313 e. The molecule has 1 fully saturated rings. The highest BCUT2D eigenvalue weighted by Gasteiger charge is 2.35. The highest BCUT2D eigenvalue weighted by Crippen LogP contribution is 2.39. The number of benzene rings is 3. The quantitative estimate of drug-likeness (QED) is 0.138. The molecule has 0 aliphatic carbocycles. The highest BCUT2D eigenvalue weighted by molar-refractivity contribution is 7.73. The minimum Gasteiger partial charge on any atom is -0.356 e. The Balaban J connectivity index is 1.55. The van der Waals surface area contributed by atoms with E-state index >= 15 is 0 Å². The number of rotatable bonds is 13. The van der Waals surface area contributed by atoms with Crippen LogP contribution in [0.4, 0.5) is 10.1 Å². The van der Waals surface area contributed by atoms with E-state index in [1.165, 1.54) is 36.4 Å². The van der Waals surface area contributed by atoms with Crippen LogP contribution in [0.5, 0.6) is 0 Å². The Kier molecular flexibility index (Phi) is 11.8. The molecule has 0 bridgehead atoms. The van der Waals surface area contributed by atoms with Crippen LogP contribution in [0.2, 0.25) is 0 Å². The van der Waals surface area contributed by atoms with Crippen molar-refractivity contribution in [2.24, 2.45) is 11.8 Å². The number of nitrogens with one attached hydrogen (secondary N) is 4. The first-order valence-corrected chi connectivity index (χ1v) is 17.0. The fourth-order valence-corrected chi connectivity index (χ4v) is 7.09. The van der Waals surface area contributed by atoms with Gasteiger partial charge in [0.25, 0.3) is 7.37 Å². The third-order valence-electron chi connectivity index (χ3n) is 7.83. The molecule has 4 amide bonds. The average molecular weight is 665 g/mol. The molecule has 1 aliphatic rings. The van der Waals surface area contributed by atoms with E-state index in [4.69, 9.17) is 0 Å². The van der Waals surface area contributed by atoms with Crippen LogP contribution in [-0.4, -0.2) is 52.9 Å². The lowest BCUT2D eigenvalue weighted by Crippen LogP contribution is -2.54. The van der Waals surface area contributed by atoms with Crippen LogP contribution in [0.1, 0.15) is 38.7 Å². The number of carbonyl (C=O) groups is 5. The number of hydrogen-bond donors (Lipinski definition) is 5. The van der Waals surface area contributed by atoms with E-state index < -0.39 is 54.7 Å². The molecule has 0 spiro atoms. The van der Waals surface area contributed by atoms with Crippen molar-refractivity contribution in [3.63, 3.8) is 0 Å². The van der Waals surface area contributed by atoms with Crippen LogP contribution in [0.3, 0.4) is 0 Å². The Morgan fingerprint density at radius 3 is 2.23 bits per heavy atom. The Morgan fingerprint density at radius 1 is 0.915 bits per heavy atom. The van der Waals surface area contributed by atoms with Crippen LogP contribution in [0.15, 0.2) is 78.9 Å². The van der Waals surface area contributed by atoms with Crippen molar-refractivity contribution in [3.8, 4) is 0 Å². The van der Waals surface area contributed by atoms with Crippen molar-refractivity contribution in [2.45, 2.75) is 51.6 Å². The van der Waals surface area contributed by atoms with E-state index in [0.29, 0.717) is 18.5 Å². The van der Waals surface area contributed by atoms with Gasteiger partial charge >= 0.3 is 11.8 Å². The average Bonchev–Trinajstić information content (AvgIpc) is 3.45. The number of amides is 4. The number of Topliss-reactive ketones (excluding diaryl/α,β-unsaturated/α-hetero) is 1. The van der Waals surface area contributed by atoms with Gasteiger partial charge in [-0.1, -0.05) is 62.4 Å². The molecular formula is C34H38FN4O7P. The predicted octanol–water partition coefficient (Wildman–Crippen LogP) is 2.34. The van der Waals surface area contributed by atoms with Gasteiger partial charge in [0, 0.05) is 29.5 Å². The third kappa shape index (κ3) is 9.21. The molecule has 248 valence electrons. The molecule has 4 atom stereocenters. The maximum atomic E-state index is 14.0. The Labute approximate surface area is 272 Å². The fourth-order valence-electron chi connectivity index (χ4n) is 5.40. The third-order valence-corrected chi connectivity index (χ3v) is 9.92. The van der Waals surface area contributed by atoms with Gasteiger partial charge in [-0.15, -0.1) is 0 Å². The Bertz CT molecular complexity index is 1680. The smallest absolute Gasteiger partial charge is 0.313 e. The van der Waals surface area contributed by atoms with Crippen molar-refractivity contribution >= 4 is 53.1 Å². The lowest BCUT2D eigenvalue weighted by Gasteiger charge is -2.25. The zero-order chi connectivity index (χ0) is 34.1. The summed E-state index contributed by atoms with van der Waals surface area (Å²) >= 11 is 0. The van der Waals surface area contributed by atoms with Gasteiger partial charge in [0.05, 0.1) is 11.7 Å². The Morgan fingerprint density at radius 2 is 1.57 bits per heavy atom. The molecule has 0 aromatic heterocycles. The van der Waals surface area contributed by atoms with Gasteiger partial charge < -0.3 is 26.2 Å². The number of anilines is 1. The van der Waals surface area contributed by atoms with Crippen LogP contribution in [-0.2, 0) is 35.0 Å². The summed E-state index contributed by atoms with van der Waals surface area (Å²) in [7, 11) is -4.09. The first-order valence-electron chi connectivity index (χ1n) is 15.3. The second-order valence-corrected chi connectivity index (χ2v) is 14.0. The van der Waals surface area contributed by atoms with Gasteiger partial charge in [0.2, 0.25) is 11.8 Å². The minimum atomic E-state index is -4.09. The molecule has 1 saturated heterocycles. The normalized spacial score (nSPS) is 16.8. The maximum absolute atomic E-state index is 14.0. The zero-order valence-electron chi connectivity index (χ0n) is 26.1. The number of hydrogen-bond acceptors (Lipinski definition) is 6. The molecule has 1 aliphatic heterocycles. The largest absolute Gasteiger partial charge is 0.356 e. The molecule has 4 rings (SSSR count). The van der Waals surface area contributed by atoms with Gasteiger partial charge in [0.1, 0.15) is 11.9 Å². The van der Waals surface area contributed by atoms with Gasteiger partial charge in [0.15, 0.2) is 5.78 Å². The SMILES string of the molecule is CC(C)C[C@H](NC(=O)C(=O)Nc1ccccc1F)C(=O)N[C@@H](C[C@@H]1CCNC1=O)C(=O)Cc1ccccc1P(=O)(O)c1ccccc1. The number of halogens is 1. The monoisotopic (exact) mass is 664 g/mol. The number of para-hydroxylation sites is 1. The van der Waals surface area contributed by atoms with Gasteiger partial charge in [-0.05, 0) is 61.1 Å². The van der Waals surface area contributed by atoms with Gasteiger partial charge in [-0.2, -0.15) is 0 Å². The molecule has 5 N–H and O–H groups in total. The van der Waals surface area contributed by atoms with Gasteiger partial charge in [-0.25, -0.2) is 4.39 Å². The molecule has 3 aromatic carbocycles. The van der Waals surface area contributed by atoms with Crippen molar-refractivity contribution in [3.05, 3.63) is 90.2 Å². The molecule has 47 heavy (non-hydrogen) atoms. The summed E-state index contributed by atoms with van der Waals surface area (Å²) in [5.74, 6) is -5.34. The lowest BCUT2D eigenvalue weighted by molar-refractivity contribution is -0.138. The summed E-state index contributed by atoms with van der Waals surface area (Å²) in [5, 5.41) is 10.2. The topological polar surface area (TPSA) is 171 Å².